The Morgan fingerprint density at radius 3 is 2.48 bits per heavy atom. The molecule has 0 bridgehead atoms. The zero-order valence-electron chi connectivity index (χ0n) is 19.4. The first kappa shape index (κ1) is 23.3. The van der Waals surface area contributed by atoms with E-state index in [9.17, 15) is 4.79 Å². The van der Waals surface area contributed by atoms with Crippen LogP contribution in [0.2, 0.25) is 0 Å². The maximum Gasteiger partial charge on any atom is 0.315 e. The first-order valence-electron chi connectivity index (χ1n) is 11.3. The summed E-state index contributed by atoms with van der Waals surface area (Å²) in [6, 6.07) is 16.9. The zero-order chi connectivity index (χ0) is 22.3. The Kier molecular flexibility index (Phi) is 8.10. The third kappa shape index (κ3) is 8.00. The molecule has 0 saturated carbocycles. The van der Waals surface area contributed by atoms with Crippen LogP contribution in [0.25, 0.3) is 0 Å². The number of hydrogen-bond acceptors (Lipinski definition) is 3. The highest BCUT2D eigenvalue weighted by Gasteiger charge is 2.21. The number of nitrogens with zero attached hydrogens (tertiary/aromatic N) is 1. The summed E-state index contributed by atoms with van der Waals surface area (Å²) in [4.78, 5) is 14.9. The summed E-state index contributed by atoms with van der Waals surface area (Å²) in [5.74, 6) is 0. The molecule has 0 aliphatic carbocycles. The number of urea groups is 1. The molecule has 5 nitrogen and oxygen atoms in total. The highest BCUT2D eigenvalue weighted by molar-refractivity contribution is 5.74. The summed E-state index contributed by atoms with van der Waals surface area (Å²) in [5.41, 5.74) is 4.77. The van der Waals surface area contributed by atoms with Gasteiger partial charge in [0.2, 0.25) is 0 Å². The molecule has 0 aromatic heterocycles. The predicted octanol–water partition coefficient (Wildman–Crippen LogP) is 4.77. The number of piperidine rings is 1. The number of rotatable bonds is 7. The van der Waals surface area contributed by atoms with Crippen LogP contribution in [-0.4, -0.2) is 35.7 Å². The molecule has 1 saturated heterocycles. The van der Waals surface area contributed by atoms with Crippen molar-refractivity contribution in [2.24, 2.45) is 0 Å². The Labute approximate surface area is 187 Å². The summed E-state index contributed by atoms with van der Waals surface area (Å²) in [7, 11) is 0. The Morgan fingerprint density at radius 1 is 1.06 bits per heavy atom. The average Bonchev–Trinajstić information content (AvgIpc) is 2.74. The zero-order valence-corrected chi connectivity index (χ0v) is 19.4. The van der Waals surface area contributed by atoms with Crippen molar-refractivity contribution in [2.75, 3.05) is 13.1 Å². The molecule has 5 heteroatoms. The van der Waals surface area contributed by atoms with Crippen LogP contribution >= 0.6 is 0 Å². The number of aryl methyl sites for hydroxylation is 1. The van der Waals surface area contributed by atoms with Crippen LogP contribution in [0.3, 0.4) is 0 Å². The Hall–Kier alpha value is -2.37. The molecular formula is C26H37N3O2. The minimum atomic E-state index is -0.163. The predicted molar refractivity (Wildman–Crippen MR) is 126 cm³/mol. The number of nitrogens with one attached hydrogen (secondary N) is 2. The fraction of sp³-hybridized carbons (Fsp3) is 0.500. The Morgan fingerprint density at radius 2 is 1.77 bits per heavy atom. The number of carbonyl (C=O) groups excluding carboxylic acids is 1. The lowest BCUT2D eigenvalue weighted by Crippen LogP contribution is -2.47. The molecule has 168 valence electrons. The van der Waals surface area contributed by atoms with E-state index in [4.69, 9.17) is 4.74 Å². The van der Waals surface area contributed by atoms with Gasteiger partial charge in [0.1, 0.15) is 0 Å². The summed E-state index contributed by atoms with van der Waals surface area (Å²) in [5, 5.41) is 6.14. The van der Waals surface area contributed by atoms with Crippen molar-refractivity contribution < 1.29 is 9.53 Å². The average molecular weight is 424 g/mol. The van der Waals surface area contributed by atoms with Crippen molar-refractivity contribution in [1.29, 1.82) is 0 Å². The lowest BCUT2D eigenvalue weighted by atomic mass is 10.0. The second kappa shape index (κ2) is 10.8. The monoisotopic (exact) mass is 423 g/mol. The Balaban J connectivity index is 1.38. The second-order valence-corrected chi connectivity index (χ2v) is 9.52. The molecule has 2 aromatic carbocycles. The van der Waals surface area contributed by atoms with E-state index in [-0.39, 0.29) is 17.7 Å². The first-order chi connectivity index (χ1) is 14.8. The van der Waals surface area contributed by atoms with Crippen molar-refractivity contribution in [2.45, 2.75) is 71.9 Å². The van der Waals surface area contributed by atoms with Crippen molar-refractivity contribution >= 4 is 6.03 Å². The van der Waals surface area contributed by atoms with Gasteiger partial charge in [-0.1, -0.05) is 48.5 Å². The molecule has 2 N–H and O–H groups in total. The molecule has 3 rings (SSSR count). The van der Waals surface area contributed by atoms with Crippen LogP contribution in [0.15, 0.2) is 48.5 Å². The maximum absolute atomic E-state index is 12.4. The lowest BCUT2D eigenvalue weighted by Gasteiger charge is -2.32. The molecule has 0 spiro atoms. The highest BCUT2D eigenvalue weighted by atomic mass is 16.5. The fourth-order valence-corrected chi connectivity index (χ4v) is 3.81. The molecule has 1 heterocycles. The molecule has 2 aromatic rings. The topological polar surface area (TPSA) is 53.6 Å². The van der Waals surface area contributed by atoms with E-state index in [1.165, 1.54) is 11.1 Å². The molecule has 0 radical (unpaired) electrons. The summed E-state index contributed by atoms with van der Waals surface area (Å²) >= 11 is 0. The number of benzene rings is 2. The van der Waals surface area contributed by atoms with Gasteiger partial charge in [0, 0.05) is 32.2 Å². The van der Waals surface area contributed by atoms with Gasteiger partial charge in [-0.2, -0.15) is 0 Å². The maximum atomic E-state index is 12.4. The minimum Gasteiger partial charge on any atom is -0.371 e. The second-order valence-electron chi connectivity index (χ2n) is 9.52. The van der Waals surface area contributed by atoms with Gasteiger partial charge in [-0.15, -0.1) is 0 Å². The van der Waals surface area contributed by atoms with E-state index >= 15 is 0 Å². The van der Waals surface area contributed by atoms with Gasteiger partial charge in [-0.05, 0) is 62.8 Å². The van der Waals surface area contributed by atoms with Crippen LogP contribution in [0.5, 0.6) is 0 Å². The number of carbonyl (C=O) groups is 1. The van der Waals surface area contributed by atoms with E-state index in [1.54, 1.807) is 0 Å². The highest BCUT2D eigenvalue weighted by Crippen LogP contribution is 2.16. The summed E-state index contributed by atoms with van der Waals surface area (Å²) < 4.78 is 5.85. The van der Waals surface area contributed by atoms with Crippen LogP contribution in [0.4, 0.5) is 4.79 Å². The number of hydrogen-bond donors (Lipinski definition) is 2. The normalized spacial score (nSPS) is 15.6. The Bertz CT molecular complexity index is 852. The van der Waals surface area contributed by atoms with Crippen molar-refractivity contribution in [3.8, 4) is 0 Å². The smallest absolute Gasteiger partial charge is 0.315 e. The van der Waals surface area contributed by atoms with E-state index in [2.05, 4.69) is 79.6 Å². The summed E-state index contributed by atoms with van der Waals surface area (Å²) in [6.45, 7) is 12.4. The SMILES string of the molecule is Cc1ccccc1CN1CCC(NC(=O)NCc2cccc(COC(C)(C)C)c2)CC1. The molecule has 31 heavy (non-hydrogen) atoms. The largest absolute Gasteiger partial charge is 0.371 e. The van der Waals surface area contributed by atoms with E-state index < -0.39 is 0 Å². The fourth-order valence-electron chi connectivity index (χ4n) is 3.81. The molecule has 2 amide bonds. The van der Waals surface area contributed by atoms with Crippen molar-refractivity contribution in [3.05, 3.63) is 70.8 Å². The number of likely N-dealkylation sites (tertiary alicyclic amines) is 1. The third-order valence-corrected chi connectivity index (χ3v) is 5.69. The molecule has 1 aliphatic heterocycles. The lowest BCUT2D eigenvalue weighted by molar-refractivity contribution is -0.0149. The van der Waals surface area contributed by atoms with Crippen LogP contribution < -0.4 is 10.6 Å². The van der Waals surface area contributed by atoms with Gasteiger partial charge in [-0.25, -0.2) is 4.79 Å². The van der Waals surface area contributed by atoms with Gasteiger partial charge in [-0.3, -0.25) is 4.90 Å². The molecule has 1 aliphatic rings. The molecule has 0 atom stereocenters. The van der Waals surface area contributed by atoms with Gasteiger partial charge < -0.3 is 15.4 Å². The quantitative estimate of drug-likeness (QED) is 0.674. The van der Waals surface area contributed by atoms with Gasteiger partial charge in [0.25, 0.3) is 0 Å². The third-order valence-electron chi connectivity index (χ3n) is 5.69. The molecular weight excluding hydrogens is 386 g/mol. The van der Waals surface area contributed by atoms with E-state index in [0.717, 1.165) is 43.6 Å². The first-order valence-corrected chi connectivity index (χ1v) is 11.3. The van der Waals surface area contributed by atoms with Crippen molar-refractivity contribution in [1.82, 2.24) is 15.5 Å². The molecule has 1 fully saturated rings. The minimum absolute atomic E-state index is 0.0892. The van der Waals surface area contributed by atoms with E-state index in [1.807, 2.05) is 12.1 Å². The van der Waals surface area contributed by atoms with Gasteiger partial charge in [0.15, 0.2) is 0 Å². The van der Waals surface area contributed by atoms with Crippen LogP contribution in [0.1, 0.15) is 55.9 Å². The summed E-state index contributed by atoms with van der Waals surface area (Å²) in [6.07, 6.45) is 1.97. The van der Waals surface area contributed by atoms with Gasteiger partial charge >= 0.3 is 6.03 Å². The van der Waals surface area contributed by atoms with Crippen molar-refractivity contribution in [3.63, 3.8) is 0 Å². The van der Waals surface area contributed by atoms with Crippen LogP contribution in [0, 0.1) is 6.92 Å². The van der Waals surface area contributed by atoms with Gasteiger partial charge in [0.05, 0.1) is 12.2 Å². The number of amides is 2. The van der Waals surface area contributed by atoms with Crippen LogP contribution in [-0.2, 0) is 24.4 Å². The van der Waals surface area contributed by atoms with E-state index in [0.29, 0.717) is 13.2 Å². The standard InChI is InChI=1S/C26H37N3O2/c1-20-8-5-6-11-23(20)18-29-14-12-24(13-15-29)28-25(30)27-17-21-9-7-10-22(16-21)19-31-26(2,3)4/h5-11,16,24H,12-15,17-19H2,1-4H3,(H2,27,28,30). The molecule has 0 unspecified atom stereocenters. The number of ether oxygens (including phenoxy) is 1.